The molecule has 0 fully saturated rings. The number of carbonyl (C=O) groups is 1. The van der Waals surface area contributed by atoms with Crippen LogP contribution in [0, 0.1) is 0 Å². The predicted molar refractivity (Wildman–Crippen MR) is 115 cm³/mol. The predicted octanol–water partition coefficient (Wildman–Crippen LogP) is 2.74. The normalized spacial score (nSPS) is 13.7. The van der Waals surface area contributed by atoms with Crippen molar-refractivity contribution in [1.29, 1.82) is 0 Å². The van der Waals surface area contributed by atoms with E-state index in [0.29, 0.717) is 19.0 Å². The minimum atomic E-state index is 0. The smallest absolute Gasteiger partial charge is 0.254 e. The number of benzene rings is 2. The molecule has 0 spiro atoms. The van der Waals surface area contributed by atoms with Gasteiger partial charge in [-0.1, -0.05) is 18.2 Å². The number of aliphatic imine (C=N–C) groups is 1. The fraction of sp³-hybridized carbons (Fsp3) is 0.263. The van der Waals surface area contributed by atoms with Gasteiger partial charge in [0.1, 0.15) is 5.75 Å². The fourth-order valence-electron chi connectivity index (χ4n) is 2.84. The third-order valence-electron chi connectivity index (χ3n) is 4.20. The van der Waals surface area contributed by atoms with Crippen molar-refractivity contribution in [2.45, 2.75) is 6.42 Å². The van der Waals surface area contributed by atoms with Gasteiger partial charge in [0.15, 0.2) is 5.96 Å². The molecular formula is C19H23IN4O2. The summed E-state index contributed by atoms with van der Waals surface area (Å²) in [6.45, 7) is 1.73. The maximum absolute atomic E-state index is 12.5. The first-order chi connectivity index (χ1) is 12.2. The first kappa shape index (κ1) is 20.0. The molecule has 2 aromatic rings. The zero-order chi connectivity index (χ0) is 17.6. The van der Waals surface area contributed by atoms with Crippen LogP contribution in [-0.4, -0.2) is 43.5 Å². The van der Waals surface area contributed by atoms with Gasteiger partial charge in [-0.25, -0.2) is 0 Å². The van der Waals surface area contributed by atoms with E-state index in [1.165, 1.54) is 0 Å². The lowest BCUT2D eigenvalue weighted by molar-refractivity contribution is 0.0745. The molecule has 0 radical (unpaired) electrons. The number of methoxy groups -OCH3 is 1. The van der Waals surface area contributed by atoms with Crippen molar-refractivity contribution in [2.75, 3.05) is 32.1 Å². The molecule has 2 aromatic carbocycles. The second-order valence-electron chi connectivity index (χ2n) is 5.82. The highest BCUT2D eigenvalue weighted by atomic mass is 127. The van der Waals surface area contributed by atoms with Gasteiger partial charge >= 0.3 is 0 Å². The van der Waals surface area contributed by atoms with E-state index in [2.05, 4.69) is 10.3 Å². The van der Waals surface area contributed by atoms with Crippen molar-refractivity contribution < 1.29 is 9.53 Å². The van der Waals surface area contributed by atoms with Crippen molar-refractivity contribution in [1.82, 2.24) is 4.90 Å². The minimum absolute atomic E-state index is 0. The molecule has 0 aliphatic carbocycles. The van der Waals surface area contributed by atoms with Gasteiger partial charge in [-0.15, -0.1) is 24.0 Å². The zero-order valence-electron chi connectivity index (χ0n) is 14.6. The first-order valence-electron chi connectivity index (χ1n) is 8.25. The molecule has 6 nitrogen and oxygen atoms in total. The van der Waals surface area contributed by atoms with Crippen molar-refractivity contribution in [3.63, 3.8) is 0 Å². The van der Waals surface area contributed by atoms with Crippen molar-refractivity contribution in [3.05, 3.63) is 59.7 Å². The van der Waals surface area contributed by atoms with Crippen LogP contribution in [0.3, 0.4) is 0 Å². The molecule has 7 heteroatoms. The molecule has 0 saturated heterocycles. The summed E-state index contributed by atoms with van der Waals surface area (Å²) in [5.74, 6) is 1.18. The average molecular weight is 466 g/mol. The number of ether oxygens (including phenoxy) is 1. The maximum Gasteiger partial charge on any atom is 0.254 e. The molecule has 26 heavy (non-hydrogen) atoms. The lowest BCUT2D eigenvalue weighted by atomic mass is 9.99. The summed E-state index contributed by atoms with van der Waals surface area (Å²) < 4.78 is 5.11. The molecule has 138 valence electrons. The summed E-state index contributed by atoms with van der Waals surface area (Å²) in [6.07, 6.45) is 0.880. The summed E-state index contributed by atoms with van der Waals surface area (Å²) in [5, 5.41) is 3.03. The van der Waals surface area contributed by atoms with E-state index < -0.39 is 0 Å². The number of rotatable bonds is 5. The quantitative estimate of drug-likeness (QED) is 0.404. The second-order valence-corrected chi connectivity index (χ2v) is 5.82. The van der Waals surface area contributed by atoms with Gasteiger partial charge in [0.2, 0.25) is 0 Å². The number of amides is 1. The average Bonchev–Trinajstić information content (AvgIpc) is 2.64. The van der Waals surface area contributed by atoms with Crippen LogP contribution in [0.4, 0.5) is 5.69 Å². The zero-order valence-corrected chi connectivity index (χ0v) is 17.0. The Morgan fingerprint density at radius 2 is 1.96 bits per heavy atom. The lowest BCUT2D eigenvalue weighted by Gasteiger charge is -2.28. The third-order valence-corrected chi connectivity index (χ3v) is 4.20. The molecule has 0 saturated carbocycles. The SMILES string of the molecule is COc1ccc(NC(N)=NCCN2CCc3ccccc3C2=O)cc1.I. The molecule has 0 unspecified atom stereocenters. The molecule has 0 aromatic heterocycles. The Hall–Kier alpha value is -2.29. The summed E-state index contributed by atoms with van der Waals surface area (Å²) in [6, 6.07) is 15.2. The number of hydrogen-bond acceptors (Lipinski definition) is 3. The Bertz CT molecular complexity index is 777. The number of halogens is 1. The van der Waals surface area contributed by atoms with E-state index in [9.17, 15) is 4.79 Å². The Morgan fingerprint density at radius 3 is 2.69 bits per heavy atom. The fourth-order valence-corrected chi connectivity index (χ4v) is 2.84. The van der Waals surface area contributed by atoms with Crippen LogP contribution in [-0.2, 0) is 6.42 Å². The number of anilines is 1. The molecule has 1 amide bonds. The van der Waals surface area contributed by atoms with E-state index in [-0.39, 0.29) is 29.9 Å². The Kier molecular flexibility index (Phi) is 7.26. The summed E-state index contributed by atoms with van der Waals surface area (Å²) in [4.78, 5) is 18.6. The van der Waals surface area contributed by atoms with E-state index in [0.717, 1.165) is 35.5 Å². The third kappa shape index (κ3) is 4.87. The number of carbonyl (C=O) groups excluding carboxylic acids is 1. The minimum Gasteiger partial charge on any atom is -0.497 e. The van der Waals surface area contributed by atoms with E-state index >= 15 is 0 Å². The molecule has 1 aliphatic heterocycles. The second kappa shape index (κ2) is 9.42. The van der Waals surface area contributed by atoms with E-state index in [4.69, 9.17) is 10.5 Å². The highest BCUT2D eigenvalue weighted by molar-refractivity contribution is 14.0. The van der Waals surface area contributed by atoms with Crippen LogP contribution < -0.4 is 15.8 Å². The number of nitrogens with zero attached hydrogens (tertiary/aromatic N) is 2. The molecule has 0 atom stereocenters. The Labute approximate surface area is 170 Å². The van der Waals surface area contributed by atoms with Gasteiger partial charge in [0.25, 0.3) is 5.91 Å². The monoisotopic (exact) mass is 466 g/mol. The maximum atomic E-state index is 12.5. The van der Waals surface area contributed by atoms with Crippen LogP contribution >= 0.6 is 24.0 Å². The van der Waals surface area contributed by atoms with Crippen LogP contribution in [0.5, 0.6) is 5.75 Å². The number of fused-ring (bicyclic) bond motifs is 1. The van der Waals surface area contributed by atoms with Crippen LogP contribution in [0.25, 0.3) is 0 Å². The van der Waals surface area contributed by atoms with Crippen LogP contribution in [0.2, 0.25) is 0 Å². The lowest BCUT2D eigenvalue weighted by Crippen LogP contribution is -2.39. The Balaban J connectivity index is 0.00000243. The summed E-state index contributed by atoms with van der Waals surface area (Å²) in [7, 11) is 1.62. The van der Waals surface area contributed by atoms with E-state index in [1.807, 2.05) is 53.4 Å². The molecule has 3 N–H and O–H groups in total. The number of nitrogens with two attached hydrogens (primary N) is 1. The van der Waals surface area contributed by atoms with Crippen molar-refractivity contribution >= 4 is 41.5 Å². The standard InChI is InChI=1S/C19H22N4O2.HI/c1-25-16-8-6-15(7-9-16)22-19(20)21-11-13-23-12-10-14-4-2-3-5-17(14)18(23)24;/h2-9H,10-13H2,1H3,(H3,20,21,22);1H. The van der Waals surface area contributed by atoms with Crippen LogP contribution in [0.1, 0.15) is 15.9 Å². The largest absolute Gasteiger partial charge is 0.497 e. The van der Waals surface area contributed by atoms with Gasteiger partial charge in [0.05, 0.1) is 13.7 Å². The highest BCUT2D eigenvalue weighted by Gasteiger charge is 2.23. The van der Waals surface area contributed by atoms with E-state index in [1.54, 1.807) is 7.11 Å². The molecule has 1 heterocycles. The summed E-state index contributed by atoms with van der Waals surface area (Å²) in [5.41, 5.74) is 8.66. The summed E-state index contributed by atoms with van der Waals surface area (Å²) >= 11 is 0. The van der Waals surface area contributed by atoms with Crippen molar-refractivity contribution in [2.24, 2.45) is 10.7 Å². The van der Waals surface area contributed by atoms with Gasteiger partial charge in [0, 0.05) is 24.3 Å². The van der Waals surface area contributed by atoms with Gasteiger partial charge in [-0.3, -0.25) is 9.79 Å². The van der Waals surface area contributed by atoms with Gasteiger partial charge in [-0.05, 0) is 42.3 Å². The molecular weight excluding hydrogens is 443 g/mol. The molecule has 0 bridgehead atoms. The molecule has 3 rings (SSSR count). The number of hydrogen-bond donors (Lipinski definition) is 2. The van der Waals surface area contributed by atoms with Gasteiger partial charge < -0.3 is 20.7 Å². The van der Waals surface area contributed by atoms with Crippen LogP contribution in [0.15, 0.2) is 53.5 Å². The van der Waals surface area contributed by atoms with Crippen molar-refractivity contribution in [3.8, 4) is 5.75 Å². The van der Waals surface area contributed by atoms with Gasteiger partial charge in [-0.2, -0.15) is 0 Å². The topological polar surface area (TPSA) is 80.0 Å². The molecule has 1 aliphatic rings. The highest BCUT2D eigenvalue weighted by Crippen LogP contribution is 2.18. The first-order valence-corrected chi connectivity index (χ1v) is 8.25. The number of nitrogens with one attached hydrogen (secondary N) is 1. The Morgan fingerprint density at radius 1 is 1.23 bits per heavy atom. The number of guanidine groups is 1.